The molecule has 1 atom stereocenters. The number of nitrogens with zero attached hydrogens (tertiary/aromatic N) is 1. The molecule has 0 bridgehead atoms. The Morgan fingerprint density at radius 2 is 2.04 bits per heavy atom. The van der Waals surface area contributed by atoms with E-state index in [9.17, 15) is 4.39 Å². The lowest BCUT2D eigenvalue weighted by molar-refractivity contribution is 0.271. The van der Waals surface area contributed by atoms with Crippen LogP contribution in [0.3, 0.4) is 0 Å². The maximum Gasteiger partial charge on any atom is 0.192 e. The predicted molar refractivity (Wildman–Crippen MR) is 98.1 cm³/mol. The van der Waals surface area contributed by atoms with Crippen molar-refractivity contribution >= 4 is 14.0 Å². The topological polar surface area (TPSA) is 24.5 Å². The van der Waals surface area contributed by atoms with E-state index in [1.54, 1.807) is 0 Å². The fourth-order valence-corrected chi connectivity index (χ4v) is 3.50. The quantitative estimate of drug-likeness (QED) is 0.835. The van der Waals surface area contributed by atoms with E-state index in [1.807, 2.05) is 18.2 Å². The van der Waals surface area contributed by atoms with Crippen LogP contribution >= 0.6 is 0 Å². The lowest BCUT2D eigenvalue weighted by Gasteiger charge is -2.36. The highest BCUT2D eigenvalue weighted by Crippen LogP contribution is 2.37. The highest BCUT2D eigenvalue weighted by molar-refractivity contribution is 6.74. The first kappa shape index (κ1) is 18.4. The van der Waals surface area contributed by atoms with E-state index >= 15 is 0 Å². The molecule has 2 rings (SSSR count). The molecule has 130 valence electrons. The third kappa shape index (κ3) is 4.34. The fraction of sp³-hybridized carbons (Fsp3) is 0.667. The van der Waals surface area contributed by atoms with Crippen molar-refractivity contribution in [3.63, 3.8) is 0 Å². The molecule has 1 heterocycles. The Morgan fingerprint density at radius 3 is 2.65 bits per heavy atom. The number of halogens is 1. The number of benzene rings is 1. The van der Waals surface area contributed by atoms with Crippen LogP contribution in [-0.2, 0) is 11.0 Å². The Kier molecular flexibility index (Phi) is 5.54. The van der Waals surface area contributed by atoms with Gasteiger partial charge in [-0.3, -0.25) is 0 Å². The van der Waals surface area contributed by atoms with Crippen molar-refractivity contribution in [2.45, 2.75) is 58.5 Å². The third-order valence-corrected chi connectivity index (χ3v) is 9.64. The molecule has 1 saturated heterocycles. The van der Waals surface area contributed by atoms with Crippen LogP contribution in [0.5, 0.6) is 0 Å². The van der Waals surface area contributed by atoms with Crippen molar-refractivity contribution in [2.24, 2.45) is 0 Å². The molecule has 1 N–H and O–H groups in total. The molecule has 1 aromatic carbocycles. The molecular weight excluding hydrogens is 307 g/mol. The van der Waals surface area contributed by atoms with Crippen LogP contribution in [-0.4, -0.2) is 34.0 Å². The van der Waals surface area contributed by atoms with E-state index in [-0.39, 0.29) is 10.9 Å². The van der Waals surface area contributed by atoms with Crippen molar-refractivity contribution in [1.82, 2.24) is 5.32 Å². The zero-order chi connectivity index (χ0) is 17.3. The van der Waals surface area contributed by atoms with Gasteiger partial charge in [0.15, 0.2) is 14.1 Å². The standard InChI is InChI=1S/C18H31FN2OSi/c1-14-12-21(11-10-20-14)16-9-7-8-15(17(16)19)13-22-23(5,6)18(2,3)4/h7-9,14,20H,10-13H2,1-6H3/t14-/m0/s1. The van der Waals surface area contributed by atoms with Gasteiger partial charge in [-0.1, -0.05) is 32.9 Å². The van der Waals surface area contributed by atoms with Crippen molar-refractivity contribution in [2.75, 3.05) is 24.5 Å². The summed E-state index contributed by atoms with van der Waals surface area (Å²) >= 11 is 0. The molecule has 0 spiro atoms. The average Bonchev–Trinajstić information content (AvgIpc) is 2.45. The number of piperazine rings is 1. The molecule has 1 fully saturated rings. The molecule has 23 heavy (non-hydrogen) atoms. The first-order valence-corrected chi connectivity index (χ1v) is 11.4. The molecule has 0 aliphatic carbocycles. The Labute approximate surface area is 141 Å². The number of nitrogens with one attached hydrogen (secondary N) is 1. The van der Waals surface area contributed by atoms with Gasteiger partial charge < -0.3 is 14.6 Å². The van der Waals surface area contributed by atoms with Crippen LogP contribution in [0.2, 0.25) is 18.1 Å². The second-order valence-corrected chi connectivity index (χ2v) is 12.9. The van der Waals surface area contributed by atoms with Gasteiger partial charge >= 0.3 is 0 Å². The summed E-state index contributed by atoms with van der Waals surface area (Å²) in [6.45, 7) is 16.1. The van der Waals surface area contributed by atoms with Crippen LogP contribution in [0.1, 0.15) is 33.3 Å². The van der Waals surface area contributed by atoms with Gasteiger partial charge in [-0.15, -0.1) is 0 Å². The summed E-state index contributed by atoms with van der Waals surface area (Å²) in [6, 6.07) is 6.05. The normalized spacial score (nSPS) is 20.0. The zero-order valence-electron chi connectivity index (χ0n) is 15.4. The van der Waals surface area contributed by atoms with Crippen molar-refractivity contribution in [3.05, 3.63) is 29.6 Å². The minimum Gasteiger partial charge on any atom is -0.412 e. The first-order valence-electron chi connectivity index (χ1n) is 8.51. The van der Waals surface area contributed by atoms with Crippen molar-refractivity contribution < 1.29 is 8.82 Å². The van der Waals surface area contributed by atoms with Gasteiger partial charge in [0.1, 0.15) is 0 Å². The number of hydrogen-bond donors (Lipinski definition) is 1. The smallest absolute Gasteiger partial charge is 0.192 e. The molecule has 0 saturated carbocycles. The number of anilines is 1. The van der Waals surface area contributed by atoms with E-state index in [2.05, 4.69) is 51.0 Å². The Bertz CT molecular complexity index is 542. The van der Waals surface area contributed by atoms with Crippen LogP contribution in [0.25, 0.3) is 0 Å². The highest BCUT2D eigenvalue weighted by atomic mass is 28.4. The largest absolute Gasteiger partial charge is 0.412 e. The molecule has 0 amide bonds. The molecule has 0 unspecified atom stereocenters. The average molecular weight is 339 g/mol. The lowest BCUT2D eigenvalue weighted by Crippen LogP contribution is -2.49. The SMILES string of the molecule is C[C@H]1CN(c2cccc(CO[Si](C)(C)C(C)(C)C)c2F)CCN1. The monoisotopic (exact) mass is 338 g/mol. The van der Waals surface area contributed by atoms with Gasteiger partial charge in [-0.25, -0.2) is 4.39 Å². The van der Waals surface area contributed by atoms with Crippen molar-refractivity contribution in [3.8, 4) is 0 Å². The molecule has 1 aliphatic heterocycles. The Balaban J connectivity index is 2.14. The van der Waals surface area contributed by atoms with Crippen LogP contribution < -0.4 is 10.2 Å². The maximum absolute atomic E-state index is 14.9. The molecular formula is C18H31FN2OSi. The van der Waals surface area contributed by atoms with Gasteiger partial charge in [0.2, 0.25) is 0 Å². The fourth-order valence-electron chi connectivity index (χ4n) is 2.55. The lowest BCUT2D eigenvalue weighted by atomic mass is 10.1. The van der Waals surface area contributed by atoms with Gasteiger partial charge in [-0.05, 0) is 31.1 Å². The van der Waals surface area contributed by atoms with Crippen LogP contribution in [0, 0.1) is 5.82 Å². The first-order chi connectivity index (χ1) is 10.6. The van der Waals surface area contributed by atoms with E-state index < -0.39 is 8.32 Å². The minimum absolute atomic E-state index is 0.125. The van der Waals surface area contributed by atoms with E-state index in [0.717, 1.165) is 19.6 Å². The Hall–Kier alpha value is -0.913. The summed E-state index contributed by atoms with van der Waals surface area (Å²) in [4.78, 5) is 2.13. The van der Waals surface area contributed by atoms with Crippen LogP contribution in [0.15, 0.2) is 18.2 Å². The highest BCUT2D eigenvalue weighted by Gasteiger charge is 2.37. The van der Waals surface area contributed by atoms with E-state index in [1.165, 1.54) is 0 Å². The van der Waals surface area contributed by atoms with Gasteiger partial charge in [0.25, 0.3) is 0 Å². The molecule has 0 aromatic heterocycles. The van der Waals surface area contributed by atoms with E-state index in [0.29, 0.717) is 23.9 Å². The summed E-state index contributed by atoms with van der Waals surface area (Å²) in [5.41, 5.74) is 1.37. The summed E-state index contributed by atoms with van der Waals surface area (Å²) in [5, 5.41) is 3.53. The zero-order valence-corrected chi connectivity index (χ0v) is 16.4. The summed E-state index contributed by atoms with van der Waals surface area (Å²) < 4.78 is 21.1. The second kappa shape index (κ2) is 6.91. The van der Waals surface area contributed by atoms with Gasteiger partial charge in [-0.2, -0.15) is 0 Å². The Morgan fingerprint density at radius 1 is 1.35 bits per heavy atom. The maximum atomic E-state index is 14.9. The summed E-state index contributed by atoms with van der Waals surface area (Å²) in [5.74, 6) is -0.125. The third-order valence-electron chi connectivity index (χ3n) is 5.16. The van der Waals surface area contributed by atoms with E-state index in [4.69, 9.17) is 4.43 Å². The molecule has 3 nitrogen and oxygen atoms in total. The summed E-state index contributed by atoms with van der Waals surface area (Å²) in [7, 11) is -1.87. The molecule has 1 aliphatic rings. The predicted octanol–water partition coefficient (Wildman–Crippen LogP) is 4.15. The van der Waals surface area contributed by atoms with Gasteiger partial charge in [0.05, 0.1) is 12.3 Å². The number of rotatable bonds is 4. The summed E-state index contributed by atoms with van der Waals surface area (Å²) in [6.07, 6.45) is 0. The number of hydrogen-bond acceptors (Lipinski definition) is 3. The molecule has 1 aromatic rings. The second-order valence-electron chi connectivity index (χ2n) is 8.10. The van der Waals surface area contributed by atoms with Crippen molar-refractivity contribution in [1.29, 1.82) is 0 Å². The molecule has 5 heteroatoms. The molecule has 0 radical (unpaired) electrons. The minimum atomic E-state index is -1.87. The van der Waals surface area contributed by atoms with Crippen LogP contribution in [0.4, 0.5) is 10.1 Å². The van der Waals surface area contributed by atoms with Gasteiger partial charge in [0, 0.05) is 31.2 Å².